The number of aromatic nitrogens is 3. The lowest BCUT2D eigenvalue weighted by Crippen LogP contribution is -2.29. The monoisotopic (exact) mass is 452 g/mol. The Labute approximate surface area is 197 Å². The molecule has 0 bridgehead atoms. The van der Waals surface area contributed by atoms with Crippen molar-refractivity contribution in [3.05, 3.63) is 95.8 Å². The zero-order valence-corrected chi connectivity index (χ0v) is 18.7. The van der Waals surface area contributed by atoms with E-state index in [0.29, 0.717) is 48.0 Å². The first kappa shape index (κ1) is 22.6. The van der Waals surface area contributed by atoms with Crippen molar-refractivity contribution in [1.82, 2.24) is 20.1 Å². The van der Waals surface area contributed by atoms with Crippen LogP contribution in [0.2, 0.25) is 0 Å². The molecule has 0 spiro atoms. The minimum absolute atomic E-state index is 0.236. The average Bonchev–Trinajstić information content (AvgIpc) is 3.31. The first-order valence-corrected chi connectivity index (χ1v) is 10.8. The summed E-state index contributed by atoms with van der Waals surface area (Å²) in [6.45, 7) is 1.31. The Balaban J connectivity index is 1.51. The topological polar surface area (TPSA) is 105 Å². The summed E-state index contributed by atoms with van der Waals surface area (Å²) >= 11 is 0. The molecule has 1 amide bonds. The third kappa shape index (κ3) is 5.40. The van der Waals surface area contributed by atoms with E-state index < -0.39 is 0 Å². The summed E-state index contributed by atoms with van der Waals surface area (Å²) < 4.78 is 7.12. The Kier molecular flexibility index (Phi) is 7.16. The second-order valence-electron chi connectivity index (χ2n) is 7.50. The van der Waals surface area contributed by atoms with Crippen LogP contribution in [0.1, 0.15) is 21.5 Å². The molecule has 0 aliphatic carbocycles. The highest BCUT2D eigenvalue weighted by Crippen LogP contribution is 2.26. The van der Waals surface area contributed by atoms with Crippen molar-refractivity contribution in [1.29, 1.82) is 5.26 Å². The molecule has 0 saturated heterocycles. The molecule has 170 valence electrons. The van der Waals surface area contributed by atoms with E-state index in [-0.39, 0.29) is 5.91 Å². The number of pyridine rings is 1. The highest BCUT2D eigenvalue weighted by molar-refractivity contribution is 5.99. The predicted molar refractivity (Wildman–Crippen MR) is 130 cm³/mol. The average molecular weight is 453 g/mol. The van der Waals surface area contributed by atoms with Gasteiger partial charge in [0.1, 0.15) is 23.3 Å². The van der Waals surface area contributed by atoms with Crippen molar-refractivity contribution >= 4 is 11.7 Å². The second-order valence-corrected chi connectivity index (χ2v) is 7.50. The van der Waals surface area contributed by atoms with Crippen molar-refractivity contribution in [2.24, 2.45) is 0 Å². The van der Waals surface area contributed by atoms with Gasteiger partial charge in [0.15, 0.2) is 0 Å². The van der Waals surface area contributed by atoms with Gasteiger partial charge < -0.3 is 15.4 Å². The lowest BCUT2D eigenvalue weighted by atomic mass is 10.1. The number of methoxy groups -OCH3 is 1. The third-order valence-corrected chi connectivity index (χ3v) is 5.17. The molecule has 0 aliphatic rings. The molecule has 4 rings (SSSR count). The van der Waals surface area contributed by atoms with Crippen molar-refractivity contribution in [3.8, 4) is 23.1 Å². The Hall–Kier alpha value is -4.64. The molecule has 8 heteroatoms. The Morgan fingerprint density at radius 3 is 2.74 bits per heavy atom. The fraction of sp³-hybridized carbons (Fsp3) is 0.154. The largest absolute Gasteiger partial charge is 0.497 e. The van der Waals surface area contributed by atoms with Gasteiger partial charge in [-0.1, -0.05) is 42.5 Å². The molecule has 4 aromatic rings. The van der Waals surface area contributed by atoms with Crippen LogP contribution in [0.15, 0.2) is 79.1 Å². The lowest BCUT2D eigenvalue weighted by Gasteiger charge is -2.09. The van der Waals surface area contributed by atoms with Crippen LogP contribution >= 0.6 is 0 Å². The Morgan fingerprint density at radius 1 is 1.09 bits per heavy atom. The normalized spacial score (nSPS) is 10.4. The SMILES string of the molecule is COc1cccc(-c2nn(Cc3ccccc3)cc2C(=O)NCCNc2ncccc2C#N)c1. The van der Waals surface area contributed by atoms with Crippen molar-refractivity contribution in [2.75, 3.05) is 25.5 Å². The number of anilines is 1. The number of carbonyl (C=O) groups excluding carboxylic acids is 1. The Morgan fingerprint density at radius 2 is 1.94 bits per heavy atom. The molecule has 0 saturated carbocycles. The van der Waals surface area contributed by atoms with Crippen molar-refractivity contribution < 1.29 is 9.53 Å². The van der Waals surface area contributed by atoms with E-state index in [9.17, 15) is 10.1 Å². The molecule has 0 unspecified atom stereocenters. The zero-order valence-electron chi connectivity index (χ0n) is 18.7. The van der Waals surface area contributed by atoms with E-state index in [4.69, 9.17) is 9.84 Å². The van der Waals surface area contributed by atoms with Crippen LogP contribution < -0.4 is 15.4 Å². The van der Waals surface area contributed by atoms with E-state index in [2.05, 4.69) is 21.7 Å². The molecular formula is C26H24N6O2. The minimum Gasteiger partial charge on any atom is -0.497 e. The molecule has 0 radical (unpaired) electrons. The highest BCUT2D eigenvalue weighted by Gasteiger charge is 2.18. The van der Waals surface area contributed by atoms with Gasteiger partial charge in [-0.15, -0.1) is 0 Å². The molecule has 0 aliphatic heterocycles. The van der Waals surface area contributed by atoms with Crippen LogP contribution in [0.25, 0.3) is 11.3 Å². The minimum atomic E-state index is -0.236. The van der Waals surface area contributed by atoms with Gasteiger partial charge in [-0.2, -0.15) is 10.4 Å². The quantitative estimate of drug-likeness (QED) is 0.375. The van der Waals surface area contributed by atoms with E-state index in [1.54, 1.807) is 36.3 Å². The molecule has 0 fully saturated rings. The van der Waals surface area contributed by atoms with Crippen LogP contribution in [-0.4, -0.2) is 40.9 Å². The van der Waals surface area contributed by atoms with Gasteiger partial charge in [0.05, 0.1) is 24.8 Å². The number of rotatable bonds is 9. The van der Waals surface area contributed by atoms with Gasteiger partial charge in [-0.05, 0) is 29.8 Å². The maximum absolute atomic E-state index is 13.1. The maximum Gasteiger partial charge on any atom is 0.255 e. The number of hydrogen-bond acceptors (Lipinski definition) is 6. The number of amides is 1. The van der Waals surface area contributed by atoms with Gasteiger partial charge in [-0.3, -0.25) is 9.48 Å². The summed E-state index contributed by atoms with van der Waals surface area (Å²) in [6, 6.07) is 22.9. The first-order valence-electron chi connectivity index (χ1n) is 10.8. The van der Waals surface area contributed by atoms with Crippen LogP contribution in [-0.2, 0) is 6.54 Å². The molecule has 2 N–H and O–H groups in total. The predicted octanol–water partition coefficient (Wildman–Crippen LogP) is 3.72. The zero-order chi connectivity index (χ0) is 23.8. The summed E-state index contributed by atoms with van der Waals surface area (Å²) in [4.78, 5) is 17.3. The van der Waals surface area contributed by atoms with Gasteiger partial charge >= 0.3 is 0 Å². The maximum atomic E-state index is 13.1. The van der Waals surface area contributed by atoms with E-state index in [0.717, 1.165) is 11.1 Å². The van der Waals surface area contributed by atoms with Crippen molar-refractivity contribution in [2.45, 2.75) is 6.54 Å². The highest BCUT2D eigenvalue weighted by atomic mass is 16.5. The second kappa shape index (κ2) is 10.8. The summed E-state index contributed by atoms with van der Waals surface area (Å²) in [5.41, 5.74) is 3.39. The first-order chi connectivity index (χ1) is 16.7. The molecule has 2 aromatic carbocycles. The smallest absolute Gasteiger partial charge is 0.255 e. The molecule has 2 heterocycles. The summed E-state index contributed by atoms with van der Waals surface area (Å²) in [5.74, 6) is 0.946. The molecule has 0 atom stereocenters. The third-order valence-electron chi connectivity index (χ3n) is 5.17. The van der Waals surface area contributed by atoms with E-state index >= 15 is 0 Å². The van der Waals surface area contributed by atoms with Crippen LogP contribution in [0.5, 0.6) is 5.75 Å². The number of benzene rings is 2. The molecule has 8 nitrogen and oxygen atoms in total. The molecular weight excluding hydrogens is 428 g/mol. The molecule has 34 heavy (non-hydrogen) atoms. The number of nitriles is 1. The fourth-order valence-corrected chi connectivity index (χ4v) is 3.51. The number of ether oxygens (including phenoxy) is 1. The van der Waals surface area contributed by atoms with Gasteiger partial charge in [0, 0.05) is 31.0 Å². The van der Waals surface area contributed by atoms with Gasteiger partial charge in [0.25, 0.3) is 5.91 Å². The standard InChI is InChI=1S/C26H24N6O2/c1-34-22-11-5-9-20(15-22)24-23(18-32(31-24)17-19-7-3-2-4-8-19)26(33)30-14-13-29-25-21(16-27)10-6-12-28-25/h2-12,15,18H,13-14,17H2,1H3,(H,28,29)(H,30,33). The van der Waals surface area contributed by atoms with Crippen LogP contribution in [0.4, 0.5) is 5.82 Å². The van der Waals surface area contributed by atoms with Crippen LogP contribution in [0.3, 0.4) is 0 Å². The Bertz CT molecular complexity index is 1310. The van der Waals surface area contributed by atoms with E-state index in [1.165, 1.54) is 0 Å². The summed E-state index contributed by atoms with van der Waals surface area (Å²) in [6.07, 6.45) is 3.38. The summed E-state index contributed by atoms with van der Waals surface area (Å²) in [7, 11) is 1.60. The number of nitrogens with zero attached hydrogens (tertiary/aromatic N) is 4. The summed E-state index contributed by atoms with van der Waals surface area (Å²) in [5, 5.41) is 19.9. The number of nitrogens with one attached hydrogen (secondary N) is 2. The van der Waals surface area contributed by atoms with Crippen LogP contribution in [0, 0.1) is 11.3 Å². The van der Waals surface area contributed by atoms with E-state index in [1.807, 2.05) is 54.6 Å². The number of carbonyl (C=O) groups is 1. The molecule has 2 aromatic heterocycles. The lowest BCUT2D eigenvalue weighted by molar-refractivity contribution is 0.0955. The van der Waals surface area contributed by atoms with Gasteiger partial charge in [-0.25, -0.2) is 4.98 Å². The van der Waals surface area contributed by atoms with Gasteiger partial charge in [0.2, 0.25) is 0 Å². The number of hydrogen-bond donors (Lipinski definition) is 2. The fourth-order valence-electron chi connectivity index (χ4n) is 3.51. The van der Waals surface area contributed by atoms with Crippen molar-refractivity contribution in [3.63, 3.8) is 0 Å².